The van der Waals surface area contributed by atoms with E-state index in [1.165, 1.54) is 4.43 Å². The van der Waals surface area contributed by atoms with E-state index in [4.69, 9.17) is 0 Å². The van der Waals surface area contributed by atoms with Gasteiger partial charge in [-0.1, -0.05) is 0 Å². The molecule has 1 atom stereocenters. The van der Waals surface area contributed by atoms with Gasteiger partial charge in [-0.15, -0.1) is 0 Å². The Morgan fingerprint density at radius 1 is 1.78 bits per heavy atom. The molecule has 0 saturated heterocycles. The Balaban J connectivity index is 3.26. The predicted octanol–water partition coefficient (Wildman–Crippen LogP) is -1.78. The summed E-state index contributed by atoms with van der Waals surface area (Å²) in [4.78, 5) is 2.30. The summed E-state index contributed by atoms with van der Waals surface area (Å²) in [5.41, 5.74) is 1.08. The van der Waals surface area contributed by atoms with Gasteiger partial charge in [-0.2, -0.15) is 0 Å². The van der Waals surface area contributed by atoms with Crippen LogP contribution in [-0.2, 0) is 0 Å². The number of hydrogen-bond donors (Lipinski definition) is 1. The first kappa shape index (κ1) is 9.27. The first-order chi connectivity index (χ1) is 4.16. The van der Waals surface area contributed by atoms with Crippen LogP contribution in [0.15, 0.2) is 12.3 Å². The zero-order valence-corrected chi connectivity index (χ0v) is 8.53. The first-order valence-corrected chi connectivity index (χ1v) is 6.71. The zero-order chi connectivity index (χ0) is 7.28. The van der Waals surface area contributed by atoms with Gasteiger partial charge in [0.05, 0.1) is 0 Å². The molecule has 0 aliphatic carbocycles. The van der Waals surface area contributed by atoms with E-state index in [-0.39, 0.29) is 0 Å². The number of rotatable bonds is 4. The molecule has 0 heterocycles. The van der Waals surface area contributed by atoms with Crippen molar-refractivity contribution in [1.29, 1.82) is 0 Å². The third-order valence-corrected chi connectivity index (χ3v) is 3.08. The summed E-state index contributed by atoms with van der Waals surface area (Å²) in [6, 6.07) is 0.639. The normalized spacial score (nSPS) is 13.2. The van der Waals surface area contributed by atoms with Crippen LogP contribution in [0.3, 0.4) is 0 Å². The average Bonchev–Trinajstić information content (AvgIpc) is 1.63. The van der Waals surface area contributed by atoms with E-state index >= 15 is 0 Å². The van der Waals surface area contributed by atoms with Gasteiger partial charge in [0.1, 0.15) is 0 Å². The SMILES string of the molecule is C=C(C)NC(C)C[I-]C. The van der Waals surface area contributed by atoms with Crippen LogP contribution in [0.1, 0.15) is 13.8 Å². The van der Waals surface area contributed by atoms with Gasteiger partial charge in [0, 0.05) is 0 Å². The molecule has 0 aliphatic rings. The summed E-state index contributed by atoms with van der Waals surface area (Å²) in [6.07, 6.45) is 0. The second kappa shape index (κ2) is 5.09. The van der Waals surface area contributed by atoms with E-state index in [1.54, 1.807) is 0 Å². The van der Waals surface area contributed by atoms with Crippen molar-refractivity contribution in [2.24, 2.45) is 0 Å². The molecule has 0 radical (unpaired) electrons. The Morgan fingerprint density at radius 2 is 2.33 bits per heavy atom. The van der Waals surface area contributed by atoms with E-state index in [0.717, 1.165) is 5.70 Å². The molecule has 0 aliphatic heterocycles. The molecule has 0 aromatic rings. The zero-order valence-electron chi connectivity index (χ0n) is 6.37. The van der Waals surface area contributed by atoms with Crippen LogP contribution in [0.25, 0.3) is 0 Å². The second-order valence-corrected chi connectivity index (χ2v) is 4.65. The Morgan fingerprint density at radius 3 is 2.67 bits per heavy atom. The Hall–Kier alpha value is 0.270. The quantitative estimate of drug-likeness (QED) is 0.452. The van der Waals surface area contributed by atoms with E-state index in [1.807, 2.05) is 6.92 Å². The second-order valence-electron chi connectivity index (χ2n) is 2.25. The molecule has 1 N–H and O–H groups in total. The molecule has 0 amide bonds. The first-order valence-electron chi connectivity index (χ1n) is 3.02. The van der Waals surface area contributed by atoms with Crippen molar-refractivity contribution in [3.05, 3.63) is 12.3 Å². The van der Waals surface area contributed by atoms with E-state index in [0.29, 0.717) is 27.2 Å². The van der Waals surface area contributed by atoms with Crippen molar-refractivity contribution in [2.45, 2.75) is 19.9 Å². The van der Waals surface area contributed by atoms with Crippen molar-refractivity contribution < 1.29 is 21.2 Å². The third kappa shape index (κ3) is 6.15. The van der Waals surface area contributed by atoms with Gasteiger partial charge in [-0.05, 0) is 0 Å². The Bertz CT molecular complexity index is 90.9. The van der Waals surface area contributed by atoms with E-state index in [9.17, 15) is 0 Å². The summed E-state index contributed by atoms with van der Waals surface area (Å²) < 4.78 is 1.34. The molecular formula is C7H15IN-. The van der Waals surface area contributed by atoms with Crippen molar-refractivity contribution in [3.8, 4) is 0 Å². The number of nitrogens with one attached hydrogen (secondary N) is 1. The fraction of sp³-hybridized carbons (Fsp3) is 0.714. The molecule has 0 fully saturated rings. The summed E-state index contributed by atoms with van der Waals surface area (Å²) >= 11 is 0.432. The van der Waals surface area contributed by atoms with Crippen LogP contribution < -0.4 is 26.5 Å². The van der Waals surface area contributed by atoms with Gasteiger partial charge in [0.15, 0.2) is 0 Å². The summed E-state index contributed by atoms with van der Waals surface area (Å²) in [5, 5.41) is 3.28. The number of halogens is 1. The van der Waals surface area contributed by atoms with Crippen molar-refractivity contribution in [3.63, 3.8) is 0 Å². The minimum absolute atomic E-state index is 0.432. The van der Waals surface area contributed by atoms with Crippen molar-refractivity contribution >= 4 is 0 Å². The van der Waals surface area contributed by atoms with Gasteiger partial charge in [0.2, 0.25) is 0 Å². The number of allylic oxidation sites excluding steroid dienone is 1. The molecule has 2 heteroatoms. The maximum absolute atomic E-state index is 3.78. The molecule has 0 aromatic carbocycles. The number of alkyl halides is 2. The molecule has 1 unspecified atom stereocenters. The monoisotopic (exact) mass is 240 g/mol. The fourth-order valence-corrected chi connectivity index (χ4v) is 2.23. The van der Waals surface area contributed by atoms with Crippen LogP contribution in [0.2, 0.25) is 0 Å². The molecule has 56 valence electrons. The van der Waals surface area contributed by atoms with Crippen LogP contribution >= 0.6 is 0 Å². The molecule has 1 nitrogen and oxygen atoms in total. The predicted molar refractivity (Wildman–Crippen MR) is 38.2 cm³/mol. The van der Waals surface area contributed by atoms with E-state index < -0.39 is 0 Å². The molecule has 0 rings (SSSR count). The van der Waals surface area contributed by atoms with Gasteiger partial charge in [-0.25, -0.2) is 0 Å². The van der Waals surface area contributed by atoms with Crippen molar-refractivity contribution in [2.75, 3.05) is 9.36 Å². The molecular weight excluding hydrogens is 225 g/mol. The topological polar surface area (TPSA) is 12.0 Å². The maximum atomic E-state index is 3.78. The van der Waals surface area contributed by atoms with Gasteiger partial charge >= 0.3 is 68.0 Å². The fourth-order valence-electron chi connectivity index (χ4n) is 0.691. The molecule has 0 saturated carbocycles. The molecule has 0 spiro atoms. The molecule has 0 aromatic heterocycles. The molecule has 0 bridgehead atoms. The Labute approximate surface area is 68.2 Å². The van der Waals surface area contributed by atoms with Gasteiger partial charge in [-0.3, -0.25) is 0 Å². The summed E-state index contributed by atoms with van der Waals surface area (Å²) in [7, 11) is 0. The Kier molecular flexibility index (Phi) is 5.24. The number of hydrogen-bond acceptors (Lipinski definition) is 1. The van der Waals surface area contributed by atoms with Gasteiger partial charge < -0.3 is 0 Å². The minimum atomic E-state index is 0.432. The van der Waals surface area contributed by atoms with Crippen molar-refractivity contribution in [1.82, 2.24) is 5.32 Å². The van der Waals surface area contributed by atoms with Crippen LogP contribution in [0.5, 0.6) is 0 Å². The third-order valence-electron chi connectivity index (χ3n) is 0.879. The average molecular weight is 240 g/mol. The summed E-state index contributed by atoms with van der Waals surface area (Å²) in [6.45, 7) is 7.99. The standard InChI is InChI=1S/C7H15IN/c1-6(2)9-7(3)5-8-4/h7,9H,1,5H2,2-4H3/q-1. The van der Waals surface area contributed by atoms with Crippen LogP contribution in [0.4, 0.5) is 0 Å². The van der Waals surface area contributed by atoms with Gasteiger partial charge in [0.25, 0.3) is 0 Å². The summed E-state index contributed by atoms with van der Waals surface area (Å²) in [5.74, 6) is 0. The van der Waals surface area contributed by atoms with E-state index in [2.05, 4.69) is 23.7 Å². The van der Waals surface area contributed by atoms with Crippen LogP contribution in [-0.4, -0.2) is 15.4 Å². The van der Waals surface area contributed by atoms with Crippen LogP contribution in [0, 0.1) is 0 Å². The molecule has 9 heavy (non-hydrogen) atoms.